The Morgan fingerprint density at radius 2 is 1.16 bits per heavy atom. The van der Waals surface area contributed by atoms with Crippen molar-refractivity contribution in [3.8, 4) is 0 Å². The van der Waals surface area contributed by atoms with E-state index < -0.39 is 0 Å². The van der Waals surface area contributed by atoms with Crippen molar-refractivity contribution in [1.29, 1.82) is 0 Å². The summed E-state index contributed by atoms with van der Waals surface area (Å²) in [7, 11) is 8.13. The average Bonchev–Trinajstić information content (AvgIpc) is 2.46. The van der Waals surface area contributed by atoms with E-state index in [0.29, 0.717) is 17.2 Å². The van der Waals surface area contributed by atoms with Crippen molar-refractivity contribution in [3.05, 3.63) is 0 Å². The lowest BCUT2D eigenvalue weighted by Crippen LogP contribution is -2.29. The predicted octanol–water partition coefficient (Wildman–Crippen LogP) is 1.82. The quantitative estimate of drug-likeness (QED) is 0.383. The first-order valence-corrected chi connectivity index (χ1v) is 9.08. The summed E-state index contributed by atoms with van der Waals surface area (Å²) in [6.07, 6.45) is 2.22. The highest BCUT2D eigenvalue weighted by Crippen LogP contribution is 2.21. The molecule has 0 radical (unpaired) electrons. The Morgan fingerprint density at radius 1 is 0.789 bits per heavy atom. The van der Waals surface area contributed by atoms with Crippen LogP contribution in [-0.4, -0.2) is 77.4 Å². The molecule has 0 N–H and O–H groups in total. The van der Waals surface area contributed by atoms with Crippen LogP contribution in [-0.2, 0) is 18.9 Å². The third-order valence-electron chi connectivity index (χ3n) is 2.78. The topological polar surface area (TPSA) is 40.2 Å². The first-order chi connectivity index (χ1) is 9.21. The second-order valence-electron chi connectivity index (χ2n) is 3.95. The van der Waals surface area contributed by atoms with E-state index in [-0.39, 0.29) is 12.1 Å². The fourth-order valence-corrected chi connectivity index (χ4v) is 3.66. The summed E-state index contributed by atoms with van der Waals surface area (Å²) in [6, 6.07) is -0.0983. The molecule has 0 saturated heterocycles. The number of rotatable bonds is 13. The van der Waals surface area contributed by atoms with Gasteiger partial charge in [0.25, 0.3) is 0 Å². The SMILES string of the molecule is CCN(CCPC(OC)OC)CCPC(OC)OC. The first kappa shape index (κ1) is 19.7. The normalized spacial score (nSPS) is 13.3. The van der Waals surface area contributed by atoms with E-state index in [1.807, 2.05) is 0 Å². The summed E-state index contributed by atoms with van der Waals surface area (Å²) in [5.74, 6) is 0. The lowest BCUT2D eigenvalue weighted by molar-refractivity contribution is -0.0373. The van der Waals surface area contributed by atoms with Crippen molar-refractivity contribution < 1.29 is 18.9 Å². The van der Waals surface area contributed by atoms with Crippen molar-refractivity contribution in [2.45, 2.75) is 19.0 Å². The molecule has 0 rings (SSSR count). The number of hydrogen-bond acceptors (Lipinski definition) is 5. The van der Waals surface area contributed by atoms with Gasteiger partial charge in [0, 0.05) is 41.5 Å². The van der Waals surface area contributed by atoms with Crippen LogP contribution < -0.4 is 0 Å². The summed E-state index contributed by atoms with van der Waals surface area (Å²) in [5.41, 5.74) is 0. The molecule has 0 fully saturated rings. The Hall–Kier alpha value is 0.660. The molecule has 7 heteroatoms. The largest absolute Gasteiger partial charge is 0.352 e. The third-order valence-corrected chi connectivity index (χ3v) is 5.42. The van der Waals surface area contributed by atoms with Crippen molar-refractivity contribution in [1.82, 2.24) is 4.90 Å². The van der Waals surface area contributed by atoms with E-state index in [1.165, 1.54) is 0 Å². The minimum absolute atomic E-state index is 0.0491. The van der Waals surface area contributed by atoms with Crippen LogP contribution in [0.1, 0.15) is 6.92 Å². The zero-order chi connectivity index (χ0) is 14.5. The number of nitrogens with zero attached hydrogens (tertiary/aromatic N) is 1. The van der Waals surface area contributed by atoms with Gasteiger partial charge in [-0.1, -0.05) is 24.1 Å². The third kappa shape index (κ3) is 10.1. The van der Waals surface area contributed by atoms with Gasteiger partial charge in [-0.2, -0.15) is 0 Å². The molecule has 0 bridgehead atoms. The molecule has 0 aliphatic carbocycles. The van der Waals surface area contributed by atoms with E-state index in [2.05, 4.69) is 11.8 Å². The van der Waals surface area contributed by atoms with E-state index in [0.717, 1.165) is 32.0 Å². The van der Waals surface area contributed by atoms with Crippen LogP contribution >= 0.6 is 17.2 Å². The van der Waals surface area contributed by atoms with E-state index in [9.17, 15) is 0 Å². The van der Waals surface area contributed by atoms with Crippen LogP contribution in [0.25, 0.3) is 0 Å². The number of ether oxygens (including phenoxy) is 4. The molecule has 0 aromatic rings. The van der Waals surface area contributed by atoms with Gasteiger partial charge in [0.15, 0.2) is 12.1 Å². The molecule has 19 heavy (non-hydrogen) atoms. The van der Waals surface area contributed by atoms with Gasteiger partial charge in [-0.05, 0) is 18.9 Å². The van der Waals surface area contributed by atoms with Crippen LogP contribution in [0.4, 0.5) is 0 Å². The van der Waals surface area contributed by atoms with Gasteiger partial charge < -0.3 is 23.8 Å². The summed E-state index contributed by atoms with van der Waals surface area (Å²) in [6.45, 7) is 5.45. The van der Waals surface area contributed by atoms with Gasteiger partial charge in [-0.25, -0.2) is 0 Å². The molecule has 0 aliphatic heterocycles. The van der Waals surface area contributed by atoms with Crippen LogP contribution in [0.3, 0.4) is 0 Å². The zero-order valence-electron chi connectivity index (χ0n) is 12.8. The highest BCUT2D eigenvalue weighted by atomic mass is 31.1. The Balaban J connectivity index is 3.70. The van der Waals surface area contributed by atoms with Gasteiger partial charge in [0.05, 0.1) is 0 Å². The molecule has 0 aliphatic rings. The first-order valence-electron chi connectivity index (χ1n) is 6.52. The Kier molecular flexibility index (Phi) is 14.1. The number of methoxy groups -OCH3 is 4. The summed E-state index contributed by atoms with van der Waals surface area (Å²) in [5, 5.41) is 0. The molecule has 0 spiro atoms. The summed E-state index contributed by atoms with van der Waals surface area (Å²) < 4.78 is 20.8. The van der Waals surface area contributed by atoms with Gasteiger partial charge in [0.1, 0.15) is 0 Å². The molecule has 0 aromatic carbocycles. The van der Waals surface area contributed by atoms with Crippen LogP contribution in [0.15, 0.2) is 0 Å². The van der Waals surface area contributed by atoms with Gasteiger partial charge in [-0.3, -0.25) is 0 Å². The van der Waals surface area contributed by atoms with Gasteiger partial charge >= 0.3 is 0 Å². The monoisotopic (exact) mass is 313 g/mol. The Labute approximate surface area is 121 Å². The van der Waals surface area contributed by atoms with Crippen molar-refractivity contribution in [2.75, 3.05) is 60.4 Å². The maximum Gasteiger partial charge on any atom is 0.172 e. The molecule has 0 saturated carbocycles. The second kappa shape index (κ2) is 13.6. The minimum Gasteiger partial charge on any atom is -0.352 e. The molecular formula is C12H29NO4P2. The van der Waals surface area contributed by atoms with E-state index in [1.54, 1.807) is 28.4 Å². The van der Waals surface area contributed by atoms with Crippen molar-refractivity contribution in [3.63, 3.8) is 0 Å². The summed E-state index contributed by atoms with van der Waals surface area (Å²) in [4.78, 5) is 2.45. The highest BCUT2D eigenvalue weighted by Gasteiger charge is 2.09. The molecule has 5 nitrogen and oxygen atoms in total. The molecule has 116 valence electrons. The maximum atomic E-state index is 5.20. The van der Waals surface area contributed by atoms with E-state index in [4.69, 9.17) is 18.9 Å². The number of hydrogen-bond donors (Lipinski definition) is 0. The second-order valence-corrected chi connectivity index (χ2v) is 6.71. The van der Waals surface area contributed by atoms with Crippen molar-refractivity contribution >= 4 is 17.2 Å². The van der Waals surface area contributed by atoms with Gasteiger partial charge in [0.2, 0.25) is 0 Å². The minimum atomic E-state index is -0.0491. The molecule has 0 aromatic heterocycles. The van der Waals surface area contributed by atoms with Crippen LogP contribution in [0, 0.1) is 0 Å². The zero-order valence-corrected chi connectivity index (χ0v) is 14.8. The molecule has 0 amide bonds. The summed E-state index contributed by atoms with van der Waals surface area (Å²) >= 11 is 0. The van der Waals surface area contributed by atoms with Crippen LogP contribution in [0.5, 0.6) is 0 Å². The predicted molar refractivity (Wildman–Crippen MR) is 84.1 cm³/mol. The maximum absolute atomic E-state index is 5.20. The van der Waals surface area contributed by atoms with Gasteiger partial charge in [-0.15, -0.1) is 0 Å². The molecular weight excluding hydrogens is 284 g/mol. The highest BCUT2D eigenvalue weighted by molar-refractivity contribution is 7.38. The van der Waals surface area contributed by atoms with Crippen molar-refractivity contribution in [2.24, 2.45) is 0 Å². The van der Waals surface area contributed by atoms with E-state index >= 15 is 0 Å². The lowest BCUT2D eigenvalue weighted by atomic mass is 10.5. The molecule has 2 atom stereocenters. The molecule has 2 unspecified atom stereocenters. The standard InChI is InChI=1S/C12H29NO4P2/c1-6-13(7-9-18-11(14-2)15-3)8-10-19-12(16-4)17-5/h11-12,18-19H,6-10H2,1-5H3. The van der Waals surface area contributed by atoms with Crippen LogP contribution in [0.2, 0.25) is 0 Å². The molecule has 0 heterocycles. The fraction of sp³-hybridized carbons (Fsp3) is 1.00. The average molecular weight is 313 g/mol. The fourth-order valence-electron chi connectivity index (χ4n) is 1.63. The smallest absolute Gasteiger partial charge is 0.172 e. The Morgan fingerprint density at radius 3 is 1.42 bits per heavy atom. The Bertz CT molecular complexity index is 175. The lowest BCUT2D eigenvalue weighted by Gasteiger charge is -2.22.